The summed E-state index contributed by atoms with van der Waals surface area (Å²) in [5.74, 6) is -0.812. The molecule has 2 heterocycles. The van der Waals surface area contributed by atoms with E-state index in [9.17, 15) is 9.90 Å². The molecule has 14 heteroatoms. The van der Waals surface area contributed by atoms with Gasteiger partial charge >= 0.3 is 30.0 Å². The zero-order chi connectivity index (χ0) is 25.4. The molecule has 3 aromatic rings. The van der Waals surface area contributed by atoms with Crippen molar-refractivity contribution in [3.05, 3.63) is 29.8 Å². The predicted molar refractivity (Wildman–Crippen MR) is 124 cm³/mol. The van der Waals surface area contributed by atoms with E-state index in [4.69, 9.17) is 18.9 Å². The first-order chi connectivity index (χ1) is 16.8. The van der Waals surface area contributed by atoms with Gasteiger partial charge in [-0.2, -0.15) is 19.9 Å². The van der Waals surface area contributed by atoms with Crippen LogP contribution in [0.2, 0.25) is 0 Å². The Hall–Kier alpha value is -4.49. The van der Waals surface area contributed by atoms with E-state index in [0.717, 1.165) is 5.56 Å². The van der Waals surface area contributed by atoms with Gasteiger partial charge in [0.25, 0.3) is 0 Å². The number of aliphatic carboxylic acids is 1. The molecule has 0 aliphatic heterocycles. The average molecular weight is 486 g/mol. The van der Waals surface area contributed by atoms with Crippen LogP contribution in [0.15, 0.2) is 24.3 Å². The quantitative estimate of drug-likeness (QED) is 0.337. The first kappa shape index (κ1) is 25.1. The number of methoxy groups -OCH3 is 4. The number of ether oxygens (including phenoxy) is 4. The molecule has 14 nitrogen and oxygen atoms in total. The molecular weight excluding hydrogens is 460 g/mol. The second-order valence-corrected chi connectivity index (χ2v) is 7.13. The summed E-state index contributed by atoms with van der Waals surface area (Å²) in [4.78, 5) is 36.7. The summed E-state index contributed by atoms with van der Waals surface area (Å²) in [6, 6.07) is 7.33. The highest BCUT2D eigenvalue weighted by Crippen LogP contribution is 2.26. The van der Waals surface area contributed by atoms with Crippen LogP contribution in [0, 0.1) is 0 Å². The smallest absolute Gasteiger partial charge is 0.329 e. The van der Waals surface area contributed by atoms with Gasteiger partial charge in [-0.1, -0.05) is 19.1 Å². The number of hydrogen-bond donors (Lipinski definition) is 3. The number of hydrogen-bond acceptors (Lipinski definition) is 13. The maximum absolute atomic E-state index is 12.3. The molecule has 0 radical (unpaired) electrons. The normalized spacial score (nSPS) is 12.3. The number of nitrogens with zero attached hydrogens (tertiary/aromatic N) is 6. The van der Waals surface area contributed by atoms with Gasteiger partial charge in [0.05, 0.1) is 28.4 Å². The summed E-state index contributed by atoms with van der Waals surface area (Å²) in [6.07, 6.45) is 0.381. The monoisotopic (exact) mass is 486 g/mol. The third-order valence-corrected chi connectivity index (χ3v) is 5.00. The molecule has 0 bridgehead atoms. The van der Waals surface area contributed by atoms with Crippen molar-refractivity contribution in [2.75, 3.05) is 39.1 Å². The van der Waals surface area contributed by atoms with Crippen LogP contribution in [-0.4, -0.2) is 75.0 Å². The Morgan fingerprint density at radius 1 is 0.800 bits per heavy atom. The molecule has 0 unspecified atom stereocenters. The summed E-state index contributed by atoms with van der Waals surface area (Å²) < 4.78 is 20.2. The molecule has 0 spiro atoms. The van der Waals surface area contributed by atoms with Crippen molar-refractivity contribution >= 4 is 23.6 Å². The standard InChI is InChI=1S/C21H26N8O6/c1-6-21(14(30)31,29-16-25-19(34-4)28-20(26-16)35-5)11-12-7-9-13(10-8-12)22-15-23-17(32-2)27-18(24-15)33-3/h7-10H,6,11H2,1-5H3,(H,30,31)(H,22,23,24,27)(H,25,26,28,29)/t21-/m0/s1. The van der Waals surface area contributed by atoms with Crippen molar-refractivity contribution in [1.82, 2.24) is 29.9 Å². The largest absolute Gasteiger partial charge is 0.479 e. The number of benzene rings is 1. The number of anilines is 3. The van der Waals surface area contributed by atoms with E-state index >= 15 is 0 Å². The third kappa shape index (κ3) is 6.10. The van der Waals surface area contributed by atoms with Gasteiger partial charge in [0.2, 0.25) is 11.9 Å². The first-order valence-corrected chi connectivity index (χ1v) is 10.4. The Morgan fingerprint density at radius 2 is 1.26 bits per heavy atom. The van der Waals surface area contributed by atoms with E-state index in [1.807, 2.05) is 0 Å². The van der Waals surface area contributed by atoms with Crippen molar-refractivity contribution in [1.29, 1.82) is 0 Å². The SMILES string of the molecule is CC[C@@](Cc1ccc(Nc2nc(OC)nc(OC)n2)cc1)(Nc1nc(OC)nc(OC)n1)C(=O)O. The van der Waals surface area contributed by atoms with E-state index in [1.54, 1.807) is 31.2 Å². The molecule has 0 saturated heterocycles. The molecule has 2 aromatic heterocycles. The highest BCUT2D eigenvalue weighted by atomic mass is 16.5. The van der Waals surface area contributed by atoms with Gasteiger partial charge in [0.15, 0.2) is 0 Å². The lowest BCUT2D eigenvalue weighted by molar-refractivity contribution is -0.142. The van der Waals surface area contributed by atoms with Gasteiger partial charge in [-0.25, -0.2) is 4.79 Å². The maximum atomic E-state index is 12.3. The topological polar surface area (TPSA) is 176 Å². The van der Waals surface area contributed by atoms with E-state index in [2.05, 4.69) is 40.5 Å². The van der Waals surface area contributed by atoms with Gasteiger partial charge in [0.1, 0.15) is 5.54 Å². The summed E-state index contributed by atoms with van der Waals surface area (Å²) in [5, 5.41) is 16.1. The Morgan fingerprint density at radius 3 is 1.66 bits per heavy atom. The number of carbonyl (C=O) groups is 1. The zero-order valence-corrected chi connectivity index (χ0v) is 19.9. The Balaban J connectivity index is 1.82. The second-order valence-electron chi connectivity index (χ2n) is 7.13. The van der Waals surface area contributed by atoms with Gasteiger partial charge in [0, 0.05) is 12.1 Å². The molecular formula is C21H26N8O6. The van der Waals surface area contributed by atoms with Crippen LogP contribution < -0.4 is 29.6 Å². The van der Waals surface area contributed by atoms with Crippen LogP contribution in [0.25, 0.3) is 0 Å². The van der Waals surface area contributed by atoms with Gasteiger partial charge < -0.3 is 34.7 Å². The fourth-order valence-electron chi connectivity index (χ4n) is 3.09. The van der Waals surface area contributed by atoms with Gasteiger partial charge in [-0.15, -0.1) is 9.97 Å². The molecule has 0 aliphatic carbocycles. The highest BCUT2D eigenvalue weighted by Gasteiger charge is 2.38. The van der Waals surface area contributed by atoms with Crippen LogP contribution in [0.5, 0.6) is 24.0 Å². The van der Waals surface area contributed by atoms with Crippen LogP contribution in [0.1, 0.15) is 18.9 Å². The number of nitrogens with one attached hydrogen (secondary N) is 2. The predicted octanol–water partition coefficient (Wildman–Crippen LogP) is 1.72. The number of carboxylic acid groups (broad SMARTS) is 1. The van der Waals surface area contributed by atoms with E-state index in [1.165, 1.54) is 28.4 Å². The maximum Gasteiger partial charge on any atom is 0.329 e. The first-order valence-electron chi connectivity index (χ1n) is 10.4. The van der Waals surface area contributed by atoms with E-state index < -0.39 is 11.5 Å². The molecule has 0 aliphatic rings. The zero-order valence-electron chi connectivity index (χ0n) is 19.9. The lowest BCUT2D eigenvalue weighted by Gasteiger charge is -2.29. The molecule has 1 atom stereocenters. The number of aromatic nitrogens is 6. The van der Waals surface area contributed by atoms with E-state index in [0.29, 0.717) is 5.69 Å². The summed E-state index contributed by atoms with van der Waals surface area (Å²) in [5.41, 5.74) is 0.0221. The summed E-state index contributed by atoms with van der Waals surface area (Å²) >= 11 is 0. The summed E-state index contributed by atoms with van der Waals surface area (Å²) in [6.45, 7) is 1.76. The summed E-state index contributed by atoms with van der Waals surface area (Å²) in [7, 11) is 5.66. The molecule has 186 valence electrons. The fraction of sp³-hybridized carbons (Fsp3) is 0.381. The van der Waals surface area contributed by atoms with Crippen LogP contribution in [0.3, 0.4) is 0 Å². The van der Waals surface area contributed by atoms with Gasteiger partial charge in [-0.05, 0) is 24.1 Å². The fourth-order valence-corrected chi connectivity index (χ4v) is 3.09. The highest BCUT2D eigenvalue weighted by molar-refractivity contribution is 5.82. The Kier molecular flexibility index (Phi) is 7.96. The number of rotatable bonds is 12. The Labute approximate surface area is 201 Å². The average Bonchev–Trinajstić information content (AvgIpc) is 2.88. The van der Waals surface area contributed by atoms with Crippen molar-refractivity contribution in [2.45, 2.75) is 25.3 Å². The van der Waals surface area contributed by atoms with Crippen LogP contribution >= 0.6 is 0 Å². The third-order valence-electron chi connectivity index (χ3n) is 5.00. The lowest BCUT2D eigenvalue weighted by atomic mass is 9.88. The molecule has 0 fully saturated rings. The van der Waals surface area contributed by atoms with Crippen molar-refractivity contribution in [3.63, 3.8) is 0 Å². The molecule has 1 aromatic carbocycles. The lowest BCUT2D eigenvalue weighted by Crippen LogP contribution is -2.48. The van der Waals surface area contributed by atoms with Crippen molar-refractivity contribution < 1.29 is 28.8 Å². The van der Waals surface area contributed by atoms with Crippen molar-refractivity contribution in [2.24, 2.45) is 0 Å². The van der Waals surface area contributed by atoms with E-state index in [-0.39, 0.29) is 48.8 Å². The molecule has 35 heavy (non-hydrogen) atoms. The second kappa shape index (κ2) is 11.1. The van der Waals surface area contributed by atoms with Crippen LogP contribution in [0.4, 0.5) is 17.6 Å². The molecule has 0 amide bonds. The van der Waals surface area contributed by atoms with Crippen molar-refractivity contribution in [3.8, 4) is 24.0 Å². The Bertz CT molecular complexity index is 1120. The minimum absolute atomic E-state index is 0.00300. The van der Waals surface area contributed by atoms with Crippen LogP contribution in [-0.2, 0) is 11.2 Å². The molecule has 0 saturated carbocycles. The number of carboxylic acids is 1. The molecule has 3 N–H and O–H groups in total. The minimum atomic E-state index is -1.40. The molecule has 3 rings (SSSR count). The van der Waals surface area contributed by atoms with Gasteiger partial charge in [-0.3, -0.25) is 0 Å². The minimum Gasteiger partial charge on any atom is -0.479 e.